The van der Waals surface area contributed by atoms with Gasteiger partial charge in [0.2, 0.25) is 0 Å². The number of carbonyl (C=O) groups is 1. The number of hydrogen-bond acceptors (Lipinski definition) is 4. The van der Waals surface area contributed by atoms with Crippen molar-refractivity contribution in [2.75, 3.05) is 31.5 Å². The van der Waals surface area contributed by atoms with E-state index >= 15 is 0 Å². The van der Waals surface area contributed by atoms with Crippen LogP contribution in [0.5, 0.6) is 0 Å². The van der Waals surface area contributed by atoms with Gasteiger partial charge in [-0.1, -0.05) is 65.8 Å². The number of piperazine rings is 1. The predicted octanol–water partition coefficient (Wildman–Crippen LogP) is 5.69. The first-order valence-corrected chi connectivity index (χ1v) is 11.9. The Kier molecular flexibility index (Phi) is 8.06. The number of para-hydroxylation sites is 1. The fraction of sp³-hybridized carbons (Fsp3) is 0.286. The topological polar surface area (TPSA) is 61.6 Å². The lowest BCUT2D eigenvalue weighted by molar-refractivity contribution is 0.143. The van der Waals surface area contributed by atoms with E-state index in [0.29, 0.717) is 24.5 Å². The van der Waals surface area contributed by atoms with E-state index < -0.39 is 0 Å². The summed E-state index contributed by atoms with van der Waals surface area (Å²) in [7, 11) is 0. The number of nitrogens with zero attached hydrogens (tertiary/aromatic N) is 3. The van der Waals surface area contributed by atoms with Gasteiger partial charge in [0.15, 0.2) is 11.4 Å². The zero-order valence-electron chi connectivity index (χ0n) is 19.9. The number of aromatic nitrogens is 1. The largest absolute Gasteiger partial charge is 0.354 e. The lowest BCUT2D eigenvalue weighted by Gasteiger charge is -2.34. The molecule has 1 aromatic heterocycles. The molecule has 182 valence electrons. The van der Waals surface area contributed by atoms with Gasteiger partial charge in [-0.3, -0.25) is 10.2 Å². The molecule has 0 saturated carbocycles. The summed E-state index contributed by atoms with van der Waals surface area (Å²) in [6, 6.07) is 24.9. The molecule has 0 spiro atoms. The second-order valence-corrected chi connectivity index (χ2v) is 8.97. The highest BCUT2D eigenvalue weighted by atomic mass is 35.5. The number of rotatable bonds is 6. The van der Waals surface area contributed by atoms with Crippen LogP contribution in [0.2, 0.25) is 0 Å². The highest BCUT2D eigenvalue weighted by molar-refractivity contribution is 5.98. The Morgan fingerprint density at radius 2 is 1.66 bits per heavy atom. The molecule has 4 aromatic rings. The Balaban J connectivity index is 0.00000289. The van der Waals surface area contributed by atoms with Gasteiger partial charge in [-0.2, -0.15) is 0 Å². The van der Waals surface area contributed by atoms with Gasteiger partial charge in [0.1, 0.15) is 0 Å². The fourth-order valence-electron chi connectivity index (χ4n) is 4.58. The van der Waals surface area contributed by atoms with Gasteiger partial charge in [0.05, 0.1) is 5.39 Å². The summed E-state index contributed by atoms with van der Waals surface area (Å²) in [5, 5.41) is 7.72. The zero-order chi connectivity index (χ0) is 23.3. The van der Waals surface area contributed by atoms with Crippen LogP contribution in [0.15, 0.2) is 77.3 Å². The molecule has 0 unspecified atom stereocenters. The maximum Gasteiger partial charge on any atom is 0.323 e. The van der Waals surface area contributed by atoms with Crippen LogP contribution in [0.1, 0.15) is 22.3 Å². The van der Waals surface area contributed by atoms with Crippen molar-refractivity contribution >= 4 is 35.2 Å². The fourth-order valence-corrected chi connectivity index (χ4v) is 4.58. The molecule has 1 N–H and O–H groups in total. The molecule has 1 saturated heterocycles. The standard InChI is InChI=1S/C28H30N4O2.ClH/c1-21-7-2-3-10-24(21)14-13-22-8-6-9-23(19-22)20-31-15-17-32(18-16-31)28(33)29-27-25-11-4-5-12-26(25)34-30-27;/h2-12,19H,13-18,20H2,1H3,(H,29,30,33);1H. The van der Waals surface area contributed by atoms with E-state index in [9.17, 15) is 4.79 Å². The third-order valence-corrected chi connectivity index (χ3v) is 6.60. The van der Waals surface area contributed by atoms with E-state index in [-0.39, 0.29) is 18.4 Å². The molecule has 5 rings (SSSR count). The minimum atomic E-state index is -0.128. The summed E-state index contributed by atoms with van der Waals surface area (Å²) < 4.78 is 5.29. The van der Waals surface area contributed by atoms with E-state index in [1.165, 1.54) is 22.3 Å². The first-order chi connectivity index (χ1) is 16.7. The lowest BCUT2D eigenvalue weighted by Crippen LogP contribution is -2.49. The van der Waals surface area contributed by atoms with Crippen molar-refractivity contribution < 1.29 is 9.32 Å². The zero-order valence-corrected chi connectivity index (χ0v) is 20.8. The number of amides is 2. The molecule has 35 heavy (non-hydrogen) atoms. The minimum Gasteiger partial charge on any atom is -0.354 e. The second-order valence-electron chi connectivity index (χ2n) is 8.97. The van der Waals surface area contributed by atoms with Gasteiger partial charge < -0.3 is 9.42 Å². The van der Waals surface area contributed by atoms with Crippen molar-refractivity contribution in [1.82, 2.24) is 15.0 Å². The molecule has 7 heteroatoms. The molecule has 0 aliphatic carbocycles. The first kappa shape index (κ1) is 24.8. The third kappa shape index (κ3) is 6.02. The third-order valence-electron chi connectivity index (χ3n) is 6.60. The number of nitrogens with one attached hydrogen (secondary N) is 1. The molecule has 0 bridgehead atoms. The van der Waals surface area contributed by atoms with Gasteiger partial charge in [-0.15, -0.1) is 12.4 Å². The molecule has 1 aliphatic heterocycles. The molecule has 0 radical (unpaired) electrons. The summed E-state index contributed by atoms with van der Waals surface area (Å²) in [5.74, 6) is 0.477. The quantitative estimate of drug-likeness (QED) is 0.377. The Labute approximate surface area is 212 Å². The minimum absolute atomic E-state index is 0. The summed E-state index contributed by atoms with van der Waals surface area (Å²) in [6.07, 6.45) is 2.11. The van der Waals surface area contributed by atoms with Crippen LogP contribution in [-0.4, -0.2) is 47.2 Å². The normalized spacial score (nSPS) is 14.0. The van der Waals surface area contributed by atoms with Crippen molar-refractivity contribution in [3.05, 3.63) is 95.1 Å². The summed E-state index contributed by atoms with van der Waals surface area (Å²) in [6.45, 7) is 6.16. The molecule has 1 fully saturated rings. The van der Waals surface area contributed by atoms with Crippen molar-refractivity contribution in [2.24, 2.45) is 0 Å². The molecule has 2 amide bonds. The van der Waals surface area contributed by atoms with Gasteiger partial charge in [0.25, 0.3) is 0 Å². The predicted molar refractivity (Wildman–Crippen MR) is 142 cm³/mol. The number of aryl methyl sites for hydroxylation is 3. The highest BCUT2D eigenvalue weighted by Crippen LogP contribution is 2.22. The van der Waals surface area contributed by atoms with Gasteiger partial charge >= 0.3 is 6.03 Å². The van der Waals surface area contributed by atoms with Crippen LogP contribution >= 0.6 is 12.4 Å². The number of urea groups is 1. The molecule has 0 atom stereocenters. The van der Waals surface area contributed by atoms with Crippen LogP contribution < -0.4 is 5.32 Å². The van der Waals surface area contributed by atoms with Crippen LogP contribution in [0.25, 0.3) is 11.0 Å². The second kappa shape index (κ2) is 11.4. The molecular formula is C28H31ClN4O2. The number of anilines is 1. The van der Waals surface area contributed by atoms with Gasteiger partial charge in [-0.05, 0) is 54.2 Å². The Morgan fingerprint density at radius 3 is 2.49 bits per heavy atom. The van der Waals surface area contributed by atoms with Crippen molar-refractivity contribution in [2.45, 2.75) is 26.3 Å². The van der Waals surface area contributed by atoms with Crippen molar-refractivity contribution in [1.29, 1.82) is 0 Å². The number of fused-ring (bicyclic) bond motifs is 1. The van der Waals surface area contributed by atoms with E-state index in [2.05, 4.69) is 70.8 Å². The molecular weight excluding hydrogens is 460 g/mol. The SMILES string of the molecule is Cc1ccccc1CCc1cccc(CN2CCN(C(=O)Nc3noc4ccccc34)CC2)c1.Cl. The maximum absolute atomic E-state index is 12.7. The smallest absolute Gasteiger partial charge is 0.323 e. The van der Waals surface area contributed by atoms with Crippen molar-refractivity contribution in [3.63, 3.8) is 0 Å². The maximum atomic E-state index is 12.7. The van der Waals surface area contributed by atoms with E-state index in [4.69, 9.17) is 4.52 Å². The van der Waals surface area contributed by atoms with Gasteiger partial charge in [-0.25, -0.2) is 4.79 Å². The van der Waals surface area contributed by atoms with Crippen LogP contribution in [0.3, 0.4) is 0 Å². The number of hydrogen-bond donors (Lipinski definition) is 1. The summed E-state index contributed by atoms with van der Waals surface area (Å²) in [5.41, 5.74) is 6.15. The van der Waals surface area contributed by atoms with Crippen LogP contribution in [0, 0.1) is 6.92 Å². The Morgan fingerprint density at radius 1 is 0.914 bits per heavy atom. The number of halogens is 1. The van der Waals surface area contributed by atoms with E-state index in [1.54, 1.807) is 0 Å². The van der Waals surface area contributed by atoms with Crippen LogP contribution in [0.4, 0.5) is 10.6 Å². The number of carbonyl (C=O) groups excluding carboxylic acids is 1. The molecule has 2 heterocycles. The Hall–Kier alpha value is -3.35. The first-order valence-electron chi connectivity index (χ1n) is 11.9. The highest BCUT2D eigenvalue weighted by Gasteiger charge is 2.22. The van der Waals surface area contributed by atoms with E-state index in [0.717, 1.165) is 37.9 Å². The van der Waals surface area contributed by atoms with Crippen LogP contribution in [-0.2, 0) is 19.4 Å². The monoisotopic (exact) mass is 490 g/mol. The Bertz CT molecular complexity index is 1280. The summed E-state index contributed by atoms with van der Waals surface area (Å²) in [4.78, 5) is 17.0. The molecule has 3 aromatic carbocycles. The van der Waals surface area contributed by atoms with E-state index in [1.807, 2.05) is 29.2 Å². The van der Waals surface area contributed by atoms with Gasteiger partial charge in [0, 0.05) is 32.7 Å². The average Bonchev–Trinajstić information content (AvgIpc) is 3.27. The lowest BCUT2D eigenvalue weighted by atomic mass is 9.99. The average molecular weight is 491 g/mol. The number of benzene rings is 3. The molecule has 6 nitrogen and oxygen atoms in total. The summed E-state index contributed by atoms with van der Waals surface area (Å²) >= 11 is 0. The van der Waals surface area contributed by atoms with Crippen molar-refractivity contribution in [3.8, 4) is 0 Å². The molecule has 1 aliphatic rings.